The van der Waals surface area contributed by atoms with Gasteiger partial charge in [0.2, 0.25) is 0 Å². The van der Waals surface area contributed by atoms with Crippen molar-refractivity contribution < 1.29 is 17.9 Å². The Morgan fingerprint density at radius 3 is 2.50 bits per heavy atom. The molecule has 0 fully saturated rings. The Morgan fingerprint density at radius 1 is 0.875 bits per heavy atom. The second-order valence-corrected chi connectivity index (χ2v) is 7.32. The van der Waals surface area contributed by atoms with Gasteiger partial charge in [-0.1, -0.05) is 43.4 Å². The number of hydrogen-bond donors (Lipinski definition) is 0. The number of halogens is 3. The molecular weight excluding hydrogens is 411 g/mol. The molecule has 0 aliphatic carbocycles. The van der Waals surface area contributed by atoms with Gasteiger partial charge in [-0.25, -0.2) is 13.2 Å². The van der Waals surface area contributed by atoms with E-state index in [4.69, 9.17) is 4.74 Å². The number of pyridine rings is 1. The van der Waals surface area contributed by atoms with Crippen molar-refractivity contribution in [1.29, 1.82) is 0 Å². The smallest absolute Gasteiger partial charge is 0.166 e. The molecule has 1 aromatic heterocycles. The van der Waals surface area contributed by atoms with Crippen LogP contribution in [0.2, 0.25) is 0 Å². The van der Waals surface area contributed by atoms with E-state index in [9.17, 15) is 13.2 Å². The second-order valence-electron chi connectivity index (χ2n) is 7.32. The van der Waals surface area contributed by atoms with Crippen LogP contribution in [0.25, 0.3) is 22.0 Å². The Hall–Kier alpha value is -3.78. The fourth-order valence-electron chi connectivity index (χ4n) is 3.23. The van der Waals surface area contributed by atoms with E-state index in [0.717, 1.165) is 18.9 Å². The third-order valence-corrected chi connectivity index (χ3v) is 5.02. The lowest BCUT2D eigenvalue weighted by molar-refractivity contribution is 0.308. The predicted molar refractivity (Wildman–Crippen MR) is 120 cm³/mol. The SMILES string of the molecule is CCCCOc1ccc(-c2ccc(C#Cc3ccc4c(F)c(F)ccc4c3)c(F)c2)nc1. The summed E-state index contributed by atoms with van der Waals surface area (Å²) in [6.45, 7) is 2.74. The number of aromatic nitrogens is 1. The normalized spacial score (nSPS) is 10.6. The first-order chi connectivity index (χ1) is 15.5. The van der Waals surface area contributed by atoms with Gasteiger partial charge in [-0.05, 0) is 54.3 Å². The monoisotopic (exact) mass is 431 g/mol. The molecule has 4 rings (SSSR count). The molecule has 0 aliphatic rings. The van der Waals surface area contributed by atoms with E-state index in [1.54, 1.807) is 36.5 Å². The summed E-state index contributed by atoms with van der Waals surface area (Å²) < 4.78 is 47.4. The number of unbranched alkanes of at least 4 members (excludes halogenated alkanes) is 1. The number of benzene rings is 3. The molecule has 32 heavy (non-hydrogen) atoms. The van der Waals surface area contributed by atoms with Gasteiger partial charge in [-0.2, -0.15) is 0 Å². The highest BCUT2D eigenvalue weighted by Crippen LogP contribution is 2.23. The molecular formula is C27H20F3NO. The van der Waals surface area contributed by atoms with Gasteiger partial charge in [0, 0.05) is 16.5 Å². The summed E-state index contributed by atoms with van der Waals surface area (Å²) in [5.41, 5.74) is 2.08. The van der Waals surface area contributed by atoms with Crippen LogP contribution in [0.3, 0.4) is 0 Å². The van der Waals surface area contributed by atoms with Crippen LogP contribution in [0, 0.1) is 29.3 Å². The Labute approximate surface area is 184 Å². The maximum atomic E-state index is 14.6. The molecule has 1 heterocycles. The van der Waals surface area contributed by atoms with Crippen LogP contribution in [0.1, 0.15) is 30.9 Å². The Kier molecular flexibility index (Phi) is 6.42. The van der Waals surface area contributed by atoms with E-state index in [1.165, 1.54) is 18.2 Å². The van der Waals surface area contributed by atoms with E-state index in [-0.39, 0.29) is 10.9 Å². The molecule has 2 nitrogen and oxygen atoms in total. The summed E-state index contributed by atoms with van der Waals surface area (Å²) in [5.74, 6) is 4.12. The first kappa shape index (κ1) is 21.5. The zero-order chi connectivity index (χ0) is 22.5. The van der Waals surface area contributed by atoms with Crippen molar-refractivity contribution in [3.8, 4) is 28.8 Å². The van der Waals surface area contributed by atoms with Crippen LogP contribution in [-0.4, -0.2) is 11.6 Å². The molecule has 4 aromatic rings. The molecule has 0 amide bonds. The minimum absolute atomic E-state index is 0.181. The summed E-state index contributed by atoms with van der Waals surface area (Å²) in [5, 5.41) is 0.708. The van der Waals surface area contributed by atoms with Crippen LogP contribution in [0.15, 0.2) is 66.9 Å². The molecule has 160 valence electrons. The van der Waals surface area contributed by atoms with Gasteiger partial charge in [0.1, 0.15) is 11.6 Å². The third kappa shape index (κ3) is 4.76. The molecule has 0 aliphatic heterocycles. The molecule has 0 radical (unpaired) electrons. The van der Waals surface area contributed by atoms with Crippen molar-refractivity contribution in [2.75, 3.05) is 6.61 Å². The molecule has 0 spiro atoms. The van der Waals surface area contributed by atoms with Crippen molar-refractivity contribution in [2.24, 2.45) is 0 Å². The van der Waals surface area contributed by atoms with E-state index < -0.39 is 17.5 Å². The van der Waals surface area contributed by atoms with E-state index >= 15 is 0 Å². The number of hydrogen-bond acceptors (Lipinski definition) is 2. The lowest BCUT2D eigenvalue weighted by Gasteiger charge is -2.06. The Balaban J connectivity index is 1.53. The first-order valence-electron chi connectivity index (χ1n) is 10.3. The molecule has 3 aromatic carbocycles. The summed E-state index contributed by atoms with van der Waals surface area (Å²) in [6.07, 6.45) is 3.66. The average molecular weight is 431 g/mol. The van der Waals surface area contributed by atoms with Gasteiger partial charge in [0.15, 0.2) is 11.6 Å². The first-order valence-corrected chi connectivity index (χ1v) is 10.3. The Morgan fingerprint density at radius 2 is 1.75 bits per heavy atom. The summed E-state index contributed by atoms with van der Waals surface area (Å²) in [4.78, 5) is 4.35. The fraction of sp³-hybridized carbons (Fsp3) is 0.148. The third-order valence-electron chi connectivity index (χ3n) is 5.02. The van der Waals surface area contributed by atoms with Gasteiger partial charge < -0.3 is 4.74 Å². The Bertz CT molecular complexity index is 1320. The van der Waals surface area contributed by atoms with Crippen LogP contribution < -0.4 is 4.74 Å². The van der Waals surface area contributed by atoms with Crippen molar-refractivity contribution in [3.05, 3.63) is 95.4 Å². The van der Waals surface area contributed by atoms with Crippen molar-refractivity contribution in [2.45, 2.75) is 19.8 Å². The van der Waals surface area contributed by atoms with E-state index in [2.05, 4.69) is 23.7 Å². The minimum atomic E-state index is -0.897. The maximum absolute atomic E-state index is 14.6. The fourth-order valence-corrected chi connectivity index (χ4v) is 3.23. The van der Waals surface area contributed by atoms with Crippen LogP contribution >= 0.6 is 0 Å². The zero-order valence-corrected chi connectivity index (χ0v) is 17.5. The molecule has 0 atom stereocenters. The van der Waals surface area contributed by atoms with E-state index in [0.29, 0.717) is 34.6 Å². The highest BCUT2D eigenvalue weighted by atomic mass is 19.2. The van der Waals surface area contributed by atoms with Gasteiger partial charge in [0.25, 0.3) is 0 Å². The summed E-state index contributed by atoms with van der Waals surface area (Å²) in [7, 11) is 0. The van der Waals surface area contributed by atoms with Crippen LogP contribution in [0.5, 0.6) is 5.75 Å². The van der Waals surface area contributed by atoms with Crippen molar-refractivity contribution in [1.82, 2.24) is 4.98 Å². The maximum Gasteiger partial charge on any atom is 0.166 e. The van der Waals surface area contributed by atoms with Crippen molar-refractivity contribution >= 4 is 10.8 Å². The topological polar surface area (TPSA) is 22.1 Å². The van der Waals surface area contributed by atoms with Crippen LogP contribution in [-0.2, 0) is 0 Å². The molecule has 0 N–H and O–H groups in total. The van der Waals surface area contributed by atoms with Gasteiger partial charge in [-0.15, -0.1) is 0 Å². The quantitative estimate of drug-likeness (QED) is 0.253. The zero-order valence-electron chi connectivity index (χ0n) is 17.5. The largest absolute Gasteiger partial charge is 0.492 e. The molecule has 0 bridgehead atoms. The molecule has 5 heteroatoms. The van der Waals surface area contributed by atoms with Crippen LogP contribution in [0.4, 0.5) is 13.2 Å². The lowest BCUT2D eigenvalue weighted by atomic mass is 10.1. The van der Waals surface area contributed by atoms with E-state index in [1.807, 2.05) is 6.07 Å². The predicted octanol–water partition coefficient (Wildman–Crippen LogP) is 6.90. The summed E-state index contributed by atoms with van der Waals surface area (Å²) >= 11 is 0. The number of ether oxygens (including phenoxy) is 1. The van der Waals surface area contributed by atoms with Gasteiger partial charge in [0.05, 0.1) is 24.1 Å². The minimum Gasteiger partial charge on any atom is -0.492 e. The number of fused-ring (bicyclic) bond motifs is 1. The number of nitrogens with zero attached hydrogens (tertiary/aromatic N) is 1. The molecule has 0 saturated carbocycles. The molecule has 0 unspecified atom stereocenters. The number of rotatable bonds is 5. The standard InChI is InChI=1S/C27H20F3NO/c1-2-3-14-32-22-10-13-26(31-17-22)21-8-7-19(25(29)16-21)6-4-18-5-11-23-20(15-18)9-12-24(28)27(23)30/h5,7-13,15-17H,2-3,14H2,1H3. The highest BCUT2D eigenvalue weighted by Gasteiger charge is 2.08. The van der Waals surface area contributed by atoms with Gasteiger partial charge >= 0.3 is 0 Å². The van der Waals surface area contributed by atoms with Gasteiger partial charge in [-0.3, -0.25) is 4.98 Å². The second kappa shape index (κ2) is 9.57. The summed E-state index contributed by atoms with van der Waals surface area (Å²) in [6, 6.07) is 15.6. The molecule has 0 saturated heterocycles. The van der Waals surface area contributed by atoms with Crippen molar-refractivity contribution in [3.63, 3.8) is 0 Å². The lowest BCUT2D eigenvalue weighted by Crippen LogP contribution is -1.97. The average Bonchev–Trinajstić information content (AvgIpc) is 2.81. The highest BCUT2D eigenvalue weighted by molar-refractivity contribution is 5.84.